The maximum Gasteiger partial charge on any atom is 0.472 e. The van der Waals surface area contributed by atoms with Gasteiger partial charge in [-0.25, -0.2) is 4.57 Å². The Hall–Kier alpha value is -1.93. The molecule has 0 aromatic heterocycles. The van der Waals surface area contributed by atoms with Gasteiger partial charge in [0.15, 0.2) is 6.10 Å². The van der Waals surface area contributed by atoms with Crippen molar-refractivity contribution in [1.29, 1.82) is 0 Å². The SMILES string of the molecule is CCCCC/C=C/C/C=C/C/C=C/CCCCCCC(=O)O[C@H](COC(=O)CCCCCCCCCCCCCCCCC)COP(=O)(O)OC1C(O)C(O)C(O)[C@H](O)C1O. The van der Waals surface area contributed by atoms with Crippen molar-refractivity contribution in [2.45, 2.75) is 236 Å². The molecule has 0 heterocycles. The van der Waals surface area contributed by atoms with Crippen LogP contribution in [0.15, 0.2) is 36.5 Å². The molecule has 1 aliphatic rings. The van der Waals surface area contributed by atoms with Gasteiger partial charge < -0.3 is 39.9 Å². The maximum atomic E-state index is 12.8. The van der Waals surface area contributed by atoms with Crippen molar-refractivity contribution in [3.63, 3.8) is 0 Å². The minimum absolute atomic E-state index is 0.0725. The Labute approximate surface area is 368 Å². The molecule has 6 unspecified atom stereocenters. The molecule has 1 aliphatic carbocycles. The van der Waals surface area contributed by atoms with Crippen LogP contribution in [0.4, 0.5) is 0 Å². The van der Waals surface area contributed by atoms with Crippen LogP contribution in [0.5, 0.6) is 0 Å². The number of esters is 2. The Morgan fingerprint density at radius 3 is 1.38 bits per heavy atom. The first-order valence-electron chi connectivity index (χ1n) is 23.8. The summed E-state index contributed by atoms with van der Waals surface area (Å²) in [4.78, 5) is 35.7. The lowest BCUT2D eigenvalue weighted by atomic mass is 9.85. The fourth-order valence-corrected chi connectivity index (χ4v) is 8.09. The van der Waals surface area contributed by atoms with Gasteiger partial charge in [0.05, 0.1) is 6.61 Å². The molecule has 0 radical (unpaired) electrons. The number of unbranched alkanes of at least 4 members (excludes halogenated alkanes) is 21. The summed E-state index contributed by atoms with van der Waals surface area (Å²) >= 11 is 0. The summed E-state index contributed by atoms with van der Waals surface area (Å²) < 4.78 is 33.5. The number of carbonyl (C=O) groups excluding carboxylic acids is 2. The van der Waals surface area contributed by atoms with E-state index in [1.54, 1.807) is 0 Å². The molecular formula is C47H85O13P. The normalized spacial score (nSPS) is 22.3. The van der Waals surface area contributed by atoms with E-state index < -0.39 is 75.7 Å². The minimum Gasteiger partial charge on any atom is -0.462 e. The predicted molar refractivity (Wildman–Crippen MR) is 240 cm³/mol. The zero-order valence-electron chi connectivity index (χ0n) is 37.7. The smallest absolute Gasteiger partial charge is 0.462 e. The highest BCUT2D eigenvalue weighted by molar-refractivity contribution is 7.47. The van der Waals surface area contributed by atoms with Crippen molar-refractivity contribution in [3.8, 4) is 0 Å². The van der Waals surface area contributed by atoms with Crippen molar-refractivity contribution in [3.05, 3.63) is 36.5 Å². The van der Waals surface area contributed by atoms with Gasteiger partial charge >= 0.3 is 19.8 Å². The zero-order valence-corrected chi connectivity index (χ0v) is 38.6. The summed E-state index contributed by atoms with van der Waals surface area (Å²) in [5, 5.41) is 50.2. The molecule has 356 valence electrons. The van der Waals surface area contributed by atoms with E-state index in [4.69, 9.17) is 18.5 Å². The standard InChI is InChI=1S/C47H85O13P/c1-3-5-7-9-11-13-15-17-19-20-22-24-26-28-30-32-34-36-41(49)59-39(38-58-61(55,56)60-47-45(53)43(51)42(50)44(52)46(47)54)37-57-40(48)35-33-31-29-27-25-23-21-18-16-14-12-10-8-6-4-2/h11,13,17,19,22,24,39,42-47,50-54H,3-10,12,14-16,18,20-21,23,25-38H2,1-2H3,(H,55,56)/b13-11+,19-17+,24-22+/t39-,42?,43+,44?,45?,46?,47?/m1/s1. The van der Waals surface area contributed by atoms with E-state index in [2.05, 4.69) is 50.3 Å². The number of phosphoric ester groups is 1. The molecule has 0 saturated heterocycles. The second-order valence-corrected chi connectivity index (χ2v) is 18.0. The molecule has 0 spiro atoms. The van der Waals surface area contributed by atoms with Gasteiger partial charge in [-0.2, -0.15) is 0 Å². The number of phosphoric acid groups is 1. The Balaban J connectivity index is 2.46. The van der Waals surface area contributed by atoms with Gasteiger partial charge in [-0.05, 0) is 51.4 Å². The fraction of sp³-hybridized carbons (Fsp3) is 0.830. The molecule has 1 fully saturated rings. The molecule has 0 aliphatic heterocycles. The quantitative estimate of drug-likeness (QED) is 0.0147. The highest BCUT2D eigenvalue weighted by Gasteiger charge is 2.51. The van der Waals surface area contributed by atoms with Crippen LogP contribution in [0, 0.1) is 0 Å². The van der Waals surface area contributed by atoms with Crippen LogP contribution in [0.1, 0.15) is 194 Å². The summed E-state index contributed by atoms with van der Waals surface area (Å²) in [6.07, 6.45) is 29.1. The van der Waals surface area contributed by atoms with E-state index in [-0.39, 0.29) is 12.8 Å². The first kappa shape index (κ1) is 57.1. The van der Waals surface area contributed by atoms with E-state index in [1.807, 2.05) is 0 Å². The van der Waals surface area contributed by atoms with E-state index in [1.165, 1.54) is 89.9 Å². The lowest BCUT2D eigenvalue weighted by Crippen LogP contribution is -2.64. The van der Waals surface area contributed by atoms with Crippen LogP contribution < -0.4 is 0 Å². The van der Waals surface area contributed by atoms with Gasteiger partial charge in [0.25, 0.3) is 0 Å². The molecule has 6 N–H and O–H groups in total. The Bertz CT molecular complexity index is 1210. The van der Waals surface area contributed by atoms with Gasteiger partial charge in [0.2, 0.25) is 0 Å². The van der Waals surface area contributed by atoms with Crippen molar-refractivity contribution in [2.75, 3.05) is 13.2 Å². The number of aliphatic hydroxyl groups excluding tert-OH is 5. The van der Waals surface area contributed by atoms with Gasteiger partial charge in [-0.3, -0.25) is 18.6 Å². The Morgan fingerprint density at radius 1 is 0.508 bits per heavy atom. The Kier molecular flexibility index (Phi) is 35.0. The van der Waals surface area contributed by atoms with Gasteiger partial charge in [0, 0.05) is 12.8 Å². The topological polar surface area (TPSA) is 210 Å². The van der Waals surface area contributed by atoms with Crippen LogP contribution in [0.3, 0.4) is 0 Å². The molecule has 13 nitrogen and oxygen atoms in total. The molecule has 0 aromatic carbocycles. The molecule has 8 atom stereocenters. The minimum atomic E-state index is -5.12. The molecule has 1 saturated carbocycles. The third-order valence-electron chi connectivity index (χ3n) is 11.0. The molecule has 0 aromatic rings. The summed E-state index contributed by atoms with van der Waals surface area (Å²) in [6, 6.07) is 0. The first-order chi connectivity index (χ1) is 29.4. The van der Waals surface area contributed by atoms with Crippen LogP contribution in [0.25, 0.3) is 0 Å². The average Bonchev–Trinajstić information content (AvgIpc) is 3.24. The monoisotopic (exact) mass is 889 g/mol. The number of hydrogen-bond acceptors (Lipinski definition) is 12. The number of carbonyl (C=O) groups is 2. The van der Waals surface area contributed by atoms with Crippen LogP contribution in [0.2, 0.25) is 0 Å². The molecule has 14 heteroatoms. The van der Waals surface area contributed by atoms with Crippen molar-refractivity contribution < 1.29 is 63.1 Å². The maximum absolute atomic E-state index is 12.8. The number of hydrogen-bond donors (Lipinski definition) is 6. The second-order valence-electron chi connectivity index (χ2n) is 16.6. The van der Waals surface area contributed by atoms with E-state index in [0.29, 0.717) is 12.8 Å². The van der Waals surface area contributed by atoms with E-state index in [9.17, 15) is 44.6 Å². The largest absolute Gasteiger partial charge is 0.472 e. The molecule has 0 bridgehead atoms. The van der Waals surface area contributed by atoms with Crippen molar-refractivity contribution >= 4 is 19.8 Å². The highest BCUT2D eigenvalue weighted by atomic mass is 31.2. The molecule has 61 heavy (non-hydrogen) atoms. The summed E-state index contributed by atoms with van der Waals surface area (Å²) in [6.45, 7) is 3.26. The Morgan fingerprint density at radius 2 is 0.885 bits per heavy atom. The molecule has 0 amide bonds. The average molecular weight is 889 g/mol. The van der Waals surface area contributed by atoms with Crippen molar-refractivity contribution in [2.24, 2.45) is 0 Å². The number of aliphatic hydroxyl groups is 5. The number of allylic oxidation sites excluding steroid dienone is 6. The van der Waals surface area contributed by atoms with Gasteiger partial charge in [-0.15, -0.1) is 0 Å². The predicted octanol–water partition coefficient (Wildman–Crippen LogP) is 9.39. The second kappa shape index (κ2) is 37.4. The number of ether oxygens (including phenoxy) is 2. The lowest BCUT2D eigenvalue weighted by molar-refractivity contribution is -0.220. The lowest BCUT2D eigenvalue weighted by Gasteiger charge is -2.41. The van der Waals surface area contributed by atoms with Crippen LogP contribution in [-0.2, 0) is 32.7 Å². The molecule has 1 rings (SSSR count). The van der Waals surface area contributed by atoms with E-state index in [0.717, 1.165) is 64.2 Å². The van der Waals surface area contributed by atoms with Gasteiger partial charge in [0.1, 0.15) is 43.2 Å². The fourth-order valence-electron chi connectivity index (χ4n) is 7.12. The van der Waals surface area contributed by atoms with Crippen LogP contribution >= 0.6 is 7.82 Å². The highest BCUT2D eigenvalue weighted by Crippen LogP contribution is 2.47. The third kappa shape index (κ3) is 30.0. The zero-order chi connectivity index (χ0) is 45.0. The van der Waals surface area contributed by atoms with Crippen molar-refractivity contribution in [1.82, 2.24) is 0 Å². The summed E-state index contributed by atoms with van der Waals surface area (Å²) in [5.74, 6) is -1.12. The van der Waals surface area contributed by atoms with Gasteiger partial charge in [-0.1, -0.05) is 166 Å². The summed E-state index contributed by atoms with van der Waals surface area (Å²) in [5.41, 5.74) is 0. The van der Waals surface area contributed by atoms with Crippen LogP contribution in [-0.4, -0.2) is 98.3 Å². The molecular weight excluding hydrogens is 803 g/mol. The third-order valence-corrected chi connectivity index (χ3v) is 12.0. The number of rotatable bonds is 39. The van der Waals surface area contributed by atoms with E-state index >= 15 is 0 Å². The first-order valence-corrected chi connectivity index (χ1v) is 25.3. The summed E-state index contributed by atoms with van der Waals surface area (Å²) in [7, 11) is -5.12.